The summed E-state index contributed by atoms with van der Waals surface area (Å²) in [6, 6.07) is 7.20. The molecular weight excluding hydrogens is 312 g/mol. The van der Waals surface area contributed by atoms with Gasteiger partial charge in [0.25, 0.3) is 0 Å². The van der Waals surface area contributed by atoms with Crippen LogP contribution in [-0.4, -0.2) is 37.7 Å². The Morgan fingerprint density at radius 2 is 2.05 bits per heavy atom. The molecule has 0 radical (unpaired) electrons. The summed E-state index contributed by atoms with van der Waals surface area (Å²) in [5, 5.41) is 0.603. The van der Waals surface area contributed by atoms with Crippen molar-refractivity contribution in [3.05, 3.63) is 40.4 Å². The third-order valence-corrected chi connectivity index (χ3v) is 3.82. The number of methoxy groups -OCH3 is 2. The molecule has 21 heavy (non-hydrogen) atoms. The summed E-state index contributed by atoms with van der Waals surface area (Å²) in [5.41, 5.74) is 1.35. The highest BCUT2D eigenvalue weighted by molar-refractivity contribution is 7.99. The lowest BCUT2D eigenvalue weighted by atomic mass is 10.1. The summed E-state index contributed by atoms with van der Waals surface area (Å²) in [4.78, 5) is 22.8. The molecule has 0 aliphatic heterocycles. The van der Waals surface area contributed by atoms with Crippen molar-refractivity contribution in [1.82, 2.24) is 0 Å². The largest absolute Gasteiger partial charge is 0.469 e. The first-order valence-electron chi connectivity index (χ1n) is 6.26. The Labute approximate surface area is 133 Å². The van der Waals surface area contributed by atoms with Crippen LogP contribution in [0.3, 0.4) is 0 Å². The van der Waals surface area contributed by atoms with E-state index >= 15 is 0 Å². The standard InChI is InChI=1S/C15H17ClO4S/c1-19-14(17)6-7-21-10-12(15(18)20-2)8-11-4-3-5-13(16)9-11/h3-5,8-9H,6-7,10H2,1-2H3/b12-8+. The number of ether oxygens (including phenoxy) is 2. The van der Waals surface area contributed by atoms with Gasteiger partial charge in [-0.15, -0.1) is 0 Å². The molecule has 0 amide bonds. The Morgan fingerprint density at radius 3 is 2.67 bits per heavy atom. The zero-order valence-electron chi connectivity index (χ0n) is 11.9. The van der Waals surface area contributed by atoms with Gasteiger partial charge in [0.15, 0.2) is 0 Å². The van der Waals surface area contributed by atoms with Crippen LogP contribution in [0.15, 0.2) is 29.8 Å². The fraction of sp³-hybridized carbons (Fsp3) is 0.333. The van der Waals surface area contributed by atoms with Crippen molar-refractivity contribution >= 4 is 41.4 Å². The third-order valence-electron chi connectivity index (χ3n) is 2.57. The highest BCUT2D eigenvalue weighted by Gasteiger charge is 2.10. The minimum absolute atomic E-state index is 0.263. The molecule has 0 heterocycles. The Kier molecular flexibility index (Phi) is 7.93. The molecule has 4 nitrogen and oxygen atoms in total. The van der Waals surface area contributed by atoms with E-state index < -0.39 is 0 Å². The van der Waals surface area contributed by atoms with Crippen molar-refractivity contribution in [2.75, 3.05) is 25.7 Å². The summed E-state index contributed by atoms with van der Waals surface area (Å²) in [5.74, 6) is 0.383. The Balaban J connectivity index is 2.68. The van der Waals surface area contributed by atoms with Crippen molar-refractivity contribution in [3.63, 3.8) is 0 Å². The van der Waals surface area contributed by atoms with Gasteiger partial charge in [-0.3, -0.25) is 4.79 Å². The van der Waals surface area contributed by atoms with Crippen molar-refractivity contribution in [3.8, 4) is 0 Å². The van der Waals surface area contributed by atoms with Crippen LogP contribution >= 0.6 is 23.4 Å². The van der Waals surface area contributed by atoms with Crippen LogP contribution < -0.4 is 0 Å². The number of benzene rings is 1. The van der Waals surface area contributed by atoms with Crippen LogP contribution in [0.5, 0.6) is 0 Å². The van der Waals surface area contributed by atoms with E-state index in [0.717, 1.165) is 5.56 Å². The van der Waals surface area contributed by atoms with Crippen molar-refractivity contribution in [1.29, 1.82) is 0 Å². The fourth-order valence-electron chi connectivity index (χ4n) is 1.53. The van der Waals surface area contributed by atoms with Gasteiger partial charge in [0.1, 0.15) is 0 Å². The maximum Gasteiger partial charge on any atom is 0.334 e. The first-order chi connectivity index (χ1) is 10.1. The molecule has 0 unspecified atom stereocenters. The van der Waals surface area contributed by atoms with Crippen LogP contribution in [0.2, 0.25) is 5.02 Å². The molecule has 0 aliphatic carbocycles. The number of esters is 2. The number of hydrogen-bond acceptors (Lipinski definition) is 5. The van der Waals surface area contributed by atoms with Gasteiger partial charge < -0.3 is 9.47 Å². The summed E-state index contributed by atoms with van der Waals surface area (Å²) < 4.78 is 9.33. The third kappa shape index (κ3) is 6.69. The molecule has 6 heteroatoms. The number of carbonyl (C=O) groups is 2. The van der Waals surface area contributed by atoms with Crippen LogP contribution in [-0.2, 0) is 19.1 Å². The van der Waals surface area contributed by atoms with Gasteiger partial charge in [-0.2, -0.15) is 11.8 Å². The highest BCUT2D eigenvalue weighted by atomic mass is 35.5. The molecule has 0 bridgehead atoms. The van der Waals surface area contributed by atoms with Crippen molar-refractivity contribution in [2.45, 2.75) is 6.42 Å². The second kappa shape index (κ2) is 9.47. The minimum atomic E-state index is -0.388. The van der Waals surface area contributed by atoms with E-state index in [-0.39, 0.29) is 11.9 Å². The molecule has 0 fully saturated rings. The second-order valence-electron chi connectivity index (χ2n) is 4.09. The van der Waals surface area contributed by atoms with Gasteiger partial charge in [-0.05, 0) is 23.8 Å². The minimum Gasteiger partial charge on any atom is -0.469 e. The summed E-state index contributed by atoms with van der Waals surface area (Å²) >= 11 is 7.39. The van der Waals surface area contributed by atoms with E-state index in [1.165, 1.54) is 26.0 Å². The highest BCUT2D eigenvalue weighted by Crippen LogP contribution is 2.17. The zero-order valence-corrected chi connectivity index (χ0v) is 13.5. The van der Waals surface area contributed by atoms with Gasteiger partial charge in [0.05, 0.1) is 20.6 Å². The lowest BCUT2D eigenvalue weighted by molar-refractivity contribution is -0.140. The van der Waals surface area contributed by atoms with Crippen LogP contribution in [0.4, 0.5) is 0 Å². The normalized spacial score (nSPS) is 11.1. The number of halogens is 1. The zero-order chi connectivity index (χ0) is 15.7. The molecule has 1 rings (SSSR count). The lowest BCUT2D eigenvalue weighted by Crippen LogP contribution is -2.08. The lowest BCUT2D eigenvalue weighted by Gasteiger charge is -2.06. The van der Waals surface area contributed by atoms with Crippen molar-refractivity contribution in [2.24, 2.45) is 0 Å². The summed E-state index contributed by atoms with van der Waals surface area (Å²) in [6.07, 6.45) is 2.05. The molecule has 0 saturated carbocycles. The molecule has 1 aromatic rings. The molecule has 0 aliphatic rings. The number of hydrogen-bond donors (Lipinski definition) is 0. The van der Waals surface area contributed by atoms with Crippen molar-refractivity contribution < 1.29 is 19.1 Å². The molecule has 0 saturated heterocycles. The Hall–Kier alpha value is -1.46. The van der Waals surface area contributed by atoms with E-state index in [1.54, 1.807) is 18.2 Å². The van der Waals surface area contributed by atoms with E-state index in [2.05, 4.69) is 4.74 Å². The topological polar surface area (TPSA) is 52.6 Å². The van der Waals surface area contributed by atoms with Crippen LogP contribution in [0.25, 0.3) is 6.08 Å². The maximum atomic E-state index is 11.8. The Morgan fingerprint density at radius 1 is 1.29 bits per heavy atom. The molecule has 0 spiro atoms. The van der Waals surface area contributed by atoms with Crippen LogP contribution in [0, 0.1) is 0 Å². The number of rotatable bonds is 7. The van der Waals surface area contributed by atoms with E-state index in [0.29, 0.717) is 28.5 Å². The first kappa shape index (κ1) is 17.6. The summed E-state index contributed by atoms with van der Waals surface area (Å²) in [7, 11) is 2.69. The monoisotopic (exact) mass is 328 g/mol. The van der Waals surface area contributed by atoms with E-state index in [1.807, 2.05) is 12.1 Å². The van der Waals surface area contributed by atoms with Gasteiger partial charge in [0.2, 0.25) is 0 Å². The van der Waals surface area contributed by atoms with Crippen LogP contribution in [0.1, 0.15) is 12.0 Å². The predicted molar refractivity (Wildman–Crippen MR) is 85.4 cm³/mol. The van der Waals surface area contributed by atoms with Gasteiger partial charge in [-0.1, -0.05) is 23.7 Å². The van der Waals surface area contributed by atoms with Gasteiger partial charge in [-0.25, -0.2) is 4.79 Å². The fourth-order valence-corrected chi connectivity index (χ4v) is 2.60. The number of carbonyl (C=O) groups excluding carboxylic acids is 2. The van der Waals surface area contributed by atoms with E-state index in [9.17, 15) is 9.59 Å². The quantitative estimate of drug-likeness (QED) is 0.437. The molecule has 1 aromatic carbocycles. The molecule has 0 atom stereocenters. The summed E-state index contributed by atoms with van der Waals surface area (Å²) in [6.45, 7) is 0. The van der Waals surface area contributed by atoms with E-state index in [4.69, 9.17) is 16.3 Å². The first-order valence-corrected chi connectivity index (χ1v) is 7.79. The molecular formula is C15H17ClO4S. The molecule has 114 valence electrons. The average molecular weight is 329 g/mol. The SMILES string of the molecule is COC(=O)CCSC/C(=C\c1cccc(Cl)c1)C(=O)OC. The smallest absolute Gasteiger partial charge is 0.334 e. The second-order valence-corrected chi connectivity index (χ2v) is 5.64. The number of thioether (sulfide) groups is 1. The molecule has 0 N–H and O–H groups in total. The van der Waals surface area contributed by atoms with Gasteiger partial charge in [0, 0.05) is 22.1 Å². The van der Waals surface area contributed by atoms with Gasteiger partial charge >= 0.3 is 11.9 Å². The Bertz CT molecular complexity index is 528. The maximum absolute atomic E-state index is 11.8. The molecule has 0 aromatic heterocycles. The average Bonchev–Trinajstić information content (AvgIpc) is 2.49. The predicted octanol–water partition coefficient (Wildman–Crippen LogP) is 3.19.